The van der Waals surface area contributed by atoms with Crippen molar-refractivity contribution in [2.24, 2.45) is 0 Å². The van der Waals surface area contributed by atoms with E-state index in [9.17, 15) is 45.6 Å². The predicted molar refractivity (Wildman–Crippen MR) is 406 cm³/mol. The highest BCUT2D eigenvalue weighted by Crippen LogP contribution is 2.30. The van der Waals surface area contributed by atoms with E-state index in [0.29, 0.717) is 12.8 Å². The number of unbranched alkanes of at least 4 members (excludes halogenated alkanes) is 52. The smallest absolute Gasteiger partial charge is 0.220 e. The lowest BCUT2D eigenvalue weighted by Crippen LogP contribution is -2.65. The number of rotatable bonds is 71. The molecule has 12 unspecified atom stereocenters. The number of amides is 1. The zero-order valence-corrected chi connectivity index (χ0v) is 63.3. The quantitative estimate of drug-likeness (QED) is 0.0204. The third-order valence-corrected chi connectivity index (χ3v) is 20.5. The van der Waals surface area contributed by atoms with Crippen LogP contribution in [0.4, 0.5) is 0 Å². The molecule has 576 valence electrons. The van der Waals surface area contributed by atoms with Gasteiger partial charge in [0.05, 0.1) is 32.0 Å². The van der Waals surface area contributed by atoms with E-state index in [4.69, 9.17) is 18.9 Å². The Morgan fingerprint density at radius 3 is 1.06 bits per heavy atom. The van der Waals surface area contributed by atoms with Gasteiger partial charge in [-0.3, -0.25) is 4.79 Å². The largest absolute Gasteiger partial charge is 0.394 e. The van der Waals surface area contributed by atoms with Crippen LogP contribution >= 0.6 is 0 Å². The SMILES string of the molecule is CCCCCCC/C=C\C/C=C\CCCCCCCCCCCCCCCCCCCCCC(=O)NC(COC1OC(CO)C(OC2OC(CO)C(O)C(O)C2O)C(O)C1O)C(O)/C=C/CC/C=C/CCCCCCCCCCCCCCCCCCCCCCCCCCCCC. The average molecular weight is 1390 g/mol. The summed E-state index contributed by atoms with van der Waals surface area (Å²) in [5, 5.41) is 87.7. The Balaban J connectivity index is 1.61. The summed E-state index contributed by atoms with van der Waals surface area (Å²) in [5.74, 6) is -0.242. The molecule has 1 amide bonds. The van der Waals surface area contributed by atoms with Gasteiger partial charge in [-0.05, 0) is 64.2 Å². The van der Waals surface area contributed by atoms with Crippen molar-refractivity contribution < 1.29 is 64.6 Å². The molecule has 2 heterocycles. The Morgan fingerprint density at radius 2 is 0.684 bits per heavy atom. The van der Waals surface area contributed by atoms with Crippen molar-refractivity contribution in [3.05, 3.63) is 48.6 Å². The molecule has 0 aromatic heterocycles. The molecule has 2 rings (SSSR count). The van der Waals surface area contributed by atoms with Gasteiger partial charge in [-0.25, -0.2) is 0 Å². The second kappa shape index (κ2) is 68.1. The summed E-state index contributed by atoms with van der Waals surface area (Å²) < 4.78 is 22.9. The van der Waals surface area contributed by atoms with Crippen LogP contribution in [0.5, 0.6) is 0 Å². The number of hydrogen-bond donors (Lipinski definition) is 9. The lowest BCUT2D eigenvalue weighted by atomic mass is 9.97. The first kappa shape index (κ1) is 92.0. The zero-order valence-electron chi connectivity index (χ0n) is 63.3. The molecule has 14 heteroatoms. The monoisotopic (exact) mass is 1390 g/mol. The number of aliphatic hydroxyl groups excluding tert-OH is 8. The molecule has 0 radical (unpaired) electrons. The van der Waals surface area contributed by atoms with Crippen LogP contribution in [-0.4, -0.2) is 140 Å². The van der Waals surface area contributed by atoms with Crippen LogP contribution in [0.2, 0.25) is 0 Å². The van der Waals surface area contributed by atoms with Crippen LogP contribution in [0.25, 0.3) is 0 Å². The van der Waals surface area contributed by atoms with Gasteiger partial charge in [-0.1, -0.05) is 364 Å². The lowest BCUT2D eigenvalue weighted by Gasteiger charge is -2.46. The van der Waals surface area contributed by atoms with Gasteiger partial charge in [-0.2, -0.15) is 0 Å². The first-order chi connectivity index (χ1) is 48.1. The molecule has 12 atom stereocenters. The van der Waals surface area contributed by atoms with Gasteiger partial charge in [0.1, 0.15) is 48.8 Å². The molecule has 2 saturated heterocycles. The maximum atomic E-state index is 13.4. The van der Waals surface area contributed by atoms with Crippen LogP contribution in [-0.2, 0) is 23.7 Å². The van der Waals surface area contributed by atoms with Crippen molar-refractivity contribution in [2.75, 3.05) is 19.8 Å². The summed E-state index contributed by atoms with van der Waals surface area (Å²) >= 11 is 0. The molecule has 0 aromatic rings. The molecule has 2 aliphatic heterocycles. The lowest BCUT2D eigenvalue weighted by molar-refractivity contribution is -0.359. The molecule has 2 fully saturated rings. The van der Waals surface area contributed by atoms with Crippen molar-refractivity contribution in [3.8, 4) is 0 Å². The summed E-state index contributed by atoms with van der Waals surface area (Å²) in [5.41, 5.74) is 0. The highest BCUT2D eigenvalue weighted by molar-refractivity contribution is 5.76. The van der Waals surface area contributed by atoms with Gasteiger partial charge in [-0.15, -0.1) is 0 Å². The molecule has 0 aliphatic carbocycles. The third-order valence-electron chi connectivity index (χ3n) is 20.5. The summed E-state index contributed by atoms with van der Waals surface area (Å²) in [6.07, 6.45) is 75.0. The first-order valence-corrected chi connectivity index (χ1v) is 41.9. The van der Waals surface area contributed by atoms with E-state index in [0.717, 1.165) is 38.5 Å². The number of nitrogens with one attached hydrogen (secondary N) is 1. The Kier molecular flexibility index (Phi) is 63.9. The van der Waals surface area contributed by atoms with Gasteiger partial charge in [0.2, 0.25) is 5.91 Å². The highest BCUT2D eigenvalue weighted by Gasteiger charge is 2.51. The van der Waals surface area contributed by atoms with Gasteiger partial charge < -0.3 is 65.1 Å². The molecule has 9 N–H and O–H groups in total. The maximum absolute atomic E-state index is 13.4. The van der Waals surface area contributed by atoms with E-state index in [2.05, 4.69) is 55.6 Å². The van der Waals surface area contributed by atoms with Crippen LogP contribution in [0.15, 0.2) is 48.6 Å². The molecule has 0 spiro atoms. The Morgan fingerprint density at radius 1 is 0.367 bits per heavy atom. The zero-order chi connectivity index (χ0) is 70.8. The molecule has 0 bridgehead atoms. The minimum Gasteiger partial charge on any atom is -0.394 e. The van der Waals surface area contributed by atoms with E-state index < -0.39 is 86.8 Å². The normalized spacial score (nSPS) is 22.2. The second-order valence-electron chi connectivity index (χ2n) is 29.6. The summed E-state index contributed by atoms with van der Waals surface area (Å²) in [4.78, 5) is 13.4. The fourth-order valence-electron chi connectivity index (χ4n) is 13.9. The molecule has 0 saturated carbocycles. The number of hydrogen-bond acceptors (Lipinski definition) is 13. The molecule has 98 heavy (non-hydrogen) atoms. The van der Waals surface area contributed by atoms with Crippen LogP contribution in [0.1, 0.15) is 386 Å². The van der Waals surface area contributed by atoms with Crippen molar-refractivity contribution in [1.29, 1.82) is 0 Å². The van der Waals surface area contributed by atoms with Gasteiger partial charge in [0, 0.05) is 6.42 Å². The number of carbonyl (C=O) groups is 1. The van der Waals surface area contributed by atoms with Crippen LogP contribution in [0.3, 0.4) is 0 Å². The van der Waals surface area contributed by atoms with Crippen LogP contribution < -0.4 is 5.32 Å². The van der Waals surface area contributed by atoms with Crippen molar-refractivity contribution >= 4 is 5.91 Å². The maximum Gasteiger partial charge on any atom is 0.220 e. The summed E-state index contributed by atoms with van der Waals surface area (Å²) in [6.45, 7) is 2.84. The number of carbonyl (C=O) groups excluding carboxylic acids is 1. The van der Waals surface area contributed by atoms with E-state index in [1.807, 2.05) is 6.08 Å². The second-order valence-corrected chi connectivity index (χ2v) is 29.6. The molecular weight excluding hydrogens is 1230 g/mol. The van der Waals surface area contributed by atoms with Crippen molar-refractivity contribution in [2.45, 2.75) is 460 Å². The van der Waals surface area contributed by atoms with Crippen molar-refractivity contribution in [1.82, 2.24) is 5.32 Å². The number of ether oxygens (including phenoxy) is 4. The summed E-state index contributed by atoms with van der Waals surface area (Å²) in [7, 11) is 0. The minimum atomic E-state index is -1.79. The molecule has 2 aliphatic rings. The van der Waals surface area contributed by atoms with Gasteiger partial charge >= 0.3 is 0 Å². The van der Waals surface area contributed by atoms with Gasteiger partial charge in [0.25, 0.3) is 0 Å². The summed E-state index contributed by atoms with van der Waals surface area (Å²) in [6, 6.07) is -0.934. The fourth-order valence-corrected chi connectivity index (χ4v) is 13.9. The van der Waals surface area contributed by atoms with E-state index in [1.165, 1.54) is 315 Å². The number of allylic oxidation sites excluding steroid dienone is 7. The predicted octanol–water partition coefficient (Wildman–Crippen LogP) is 19.4. The number of aliphatic hydroxyl groups is 8. The van der Waals surface area contributed by atoms with Crippen LogP contribution in [0, 0.1) is 0 Å². The Hall–Kier alpha value is -2.05. The first-order valence-electron chi connectivity index (χ1n) is 41.9. The van der Waals surface area contributed by atoms with E-state index in [-0.39, 0.29) is 18.9 Å². The molecule has 14 nitrogen and oxygen atoms in total. The average Bonchev–Trinajstić information content (AvgIpc) is 0.793. The standard InChI is InChI=1S/C84H157NO13/c1-3-5-7-9-11-13-15-17-19-21-23-25-27-29-31-33-35-36-38-39-41-43-45-47-49-51-53-55-57-59-61-63-65-67-73(88)72(71-95-83-81(94)79(92)82(75(70-87)97-83)98-84-80(93)78(91)77(90)74(69-86)96-84)85-76(89)68-66-64-62-60-58-56-54-52-50-48-46-44-42-40-37-34-32-30-28-26-24-22-20-18-16-14-12-10-8-6-4-2/h16,18,22,24,57,59,65,67,72-75,77-84,86-88,90-94H,3-15,17,19-21,23,25-56,58,60-64,66,68-71H2,1-2H3,(H,85,89)/b18-16-,24-22-,59-57+,67-65+. The molecule has 0 aromatic carbocycles. The van der Waals surface area contributed by atoms with Crippen molar-refractivity contribution in [3.63, 3.8) is 0 Å². The Labute approximate surface area is 601 Å². The minimum absolute atomic E-state index is 0.242. The molecular formula is C84H157NO13. The fraction of sp³-hybridized carbons (Fsp3) is 0.893. The Bertz CT molecular complexity index is 1830. The topological polar surface area (TPSA) is 228 Å². The van der Waals surface area contributed by atoms with Gasteiger partial charge in [0.15, 0.2) is 12.6 Å². The third kappa shape index (κ3) is 50.4. The van der Waals surface area contributed by atoms with E-state index in [1.54, 1.807) is 6.08 Å². The highest BCUT2D eigenvalue weighted by atomic mass is 16.7. The van der Waals surface area contributed by atoms with E-state index >= 15 is 0 Å².